The molecule has 0 spiro atoms. The van der Waals surface area contributed by atoms with Gasteiger partial charge < -0.3 is 15.8 Å². The van der Waals surface area contributed by atoms with Crippen LogP contribution in [0.4, 0.5) is 39.5 Å². The fraction of sp³-hybridized carbons (Fsp3) is 0.269. The van der Waals surface area contributed by atoms with Gasteiger partial charge in [-0.3, -0.25) is 4.79 Å². The molecule has 1 amide bonds. The minimum atomic E-state index is -5.03. The molecule has 13 heteroatoms. The highest BCUT2D eigenvalue weighted by atomic mass is 19.4. The van der Waals surface area contributed by atoms with Gasteiger partial charge in [0, 0.05) is 12.5 Å². The van der Waals surface area contributed by atoms with Gasteiger partial charge >= 0.3 is 18.7 Å². The maximum Gasteiger partial charge on any atom is 0.461 e. The van der Waals surface area contributed by atoms with Gasteiger partial charge in [-0.25, -0.2) is 8.78 Å². The Bertz CT molecular complexity index is 1270. The number of rotatable bonds is 10. The van der Waals surface area contributed by atoms with Crippen molar-refractivity contribution in [3.05, 3.63) is 101 Å². The van der Waals surface area contributed by atoms with E-state index in [1.54, 1.807) is 30.3 Å². The van der Waals surface area contributed by atoms with Gasteiger partial charge in [-0.15, -0.1) is 0 Å². The Hall–Kier alpha value is -3.74. The van der Waals surface area contributed by atoms with Crippen LogP contribution in [-0.2, 0) is 16.8 Å². The molecule has 0 saturated heterocycles. The summed E-state index contributed by atoms with van der Waals surface area (Å²) >= 11 is 0. The number of carbonyl (C=O) groups excluding carboxylic acids is 1. The molecule has 3 rings (SSSR count). The summed E-state index contributed by atoms with van der Waals surface area (Å²) in [6, 6.07) is 11.7. The summed E-state index contributed by atoms with van der Waals surface area (Å²) in [4.78, 5) is 13.0. The molecule has 0 heterocycles. The number of halogens is 9. The zero-order chi connectivity index (χ0) is 29.0. The van der Waals surface area contributed by atoms with Crippen molar-refractivity contribution in [3.8, 4) is 5.75 Å². The maximum atomic E-state index is 14.7. The van der Waals surface area contributed by atoms with Crippen LogP contribution in [0.5, 0.6) is 5.75 Å². The lowest BCUT2D eigenvalue weighted by Gasteiger charge is -2.37. The predicted molar refractivity (Wildman–Crippen MR) is 122 cm³/mol. The SMILES string of the molecule is NC(CC(F)(F)F)C(=O)NC(Cc1ccccc1)(c1ccc(F)cc1)c1cc(F)cc(OC(F)(F)C(F)F)c1. The third-order valence-corrected chi connectivity index (χ3v) is 5.65. The second-order valence-electron chi connectivity index (χ2n) is 8.63. The number of hydrogen-bond donors (Lipinski definition) is 2. The molecule has 3 N–H and O–H groups in total. The van der Waals surface area contributed by atoms with Crippen molar-refractivity contribution in [2.45, 2.75) is 43.1 Å². The molecule has 39 heavy (non-hydrogen) atoms. The minimum Gasteiger partial charge on any atom is -0.428 e. The summed E-state index contributed by atoms with van der Waals surface area (Å²) in [7, 11) is 0. The van der Waals surface area contributed by atoms with Crippen LogP contribution in [0.25, 0.3) is 0 Å². The second-order valence-corrected chi connectivity index (χ2v) is 8.63. The monoisotopic (exact) mass is 564 g/mol. The van der Waals surface area contributed by atoms with Gasteiger partial charge in [-0.05, 0) is 41.0 Å². The molecule has 0 radical (unpaired) electrons. The first-order chi connectivity index (χ1) is 18.1. The average molecular weight is 564 g/mol. The Kier molecular flexibility index (Phi) is 8.84. The van der Waals surface area contributed by atoms with Crippen molar-refractivity contribution < 1.29 is 49.0 Å². The Morgan fingerprint density at radius 2 is 1.46 bits per heavy atom. The topological polar surface area (TPSA) is 64.4 Å². The van der Waals surface area contributed by atoms with Crippen LogP contribution in [0, 0.1) is 11.6 Å². The van der Waals surface area contributed by atoms with E-state index in [2.05, 4.69) is 10.1 Å². The summed E-state index contributed by atoms with van der Waals surface area (Å²) in [5.74, 6) is -4.44. The van der Waals surface area contributed by atoms with Gasteiger partial charge in [0.25, 0.3) is 0 Å². The number of nitrogens with two attached hydrogens (primary N) is 1. The van der Waals surface area contributed by atoms with Crippen LogP contribution >= 0.6 is 0 Å². The van der Waals surface area contributed by atoms with E-state index < -0.39 is 60.0 Å². The lowest BCUT2D eigenvalue weighted by Crippen LogP contribution is -2.54. The molecule has 2 atom stereocenters. The van der Waals surface area contributed by atoms with Crippen molar-refractivity contribution in [2.24, 2.45) is 5.73 Å². The highest BCUT2D eigenvalue weighted by Gasteiger charge is 2.45. The van der Waals surface area contributed by atoms with Crippen molar-refractivity contribution in [2.75, 3.05) is 0 Å². The highest BCUT2D eigenvalue weighted by molar-refractivity contribution is 5.83. The van der Waals surface area contributed by atoms with Crippen LogP contribution in [0.3, 0.4) is 0 Å². The lowest BCUT2D eigenvalue weighted by atomic mass is 9.77. The van der Waals surface area contributed by atoms with E-state index >= 15 is 0 Å². The fourth-order valence-electron chi connectivity index (χ4n) is 3.91. The summed E-state index contributed by atoms with van der Waals surface area (Å²) in [5, 5.41) is 2.35. The van der Waals surface area contributed by atoms with Crippen LogP contribution in [-0.4, -0.2) is 30.7 Å². The van der Waals surface area contributed by atoms with E-state index in [1.807, 2.05) is 0 Å². The Morgan fingerprint density at radius 1 is 0.846 bits per heavy atom. The number of nitrogens with one attached hydrogen (secondary N) is 1. The van der Waals surface area contributed by atoms with E-state index in [0.717, 1.165) is 36.4 Å². The molecule has 3 aromatic rings. The van der Waals surface area contributed by atoms with Gasteiger partial charge in [0.05, 0.1) is 18.0 Å². The standard InChI is InChI=1S/C26H21F9N2O2/c27-18-8-6-16(7-9-18)24(13-15-4-2-1-3-5-15,37-22(38)21(36)14-25(31,32)33)17-10-19(28)12-20(11-17)39-26(34,35)23(29)30/h1-12,21,23H,13-14,36H2,(H,37,38). The Labute approximate surface area is 216 Å². The molecule has 0 aliphatic carbocycles. The molecule has 4 nitrogen and oxygen atoms in total. The molecule has 3 aromatic carbocycles. The molecule has 0 bridgehead atoms. The van der Waals surface area contributed by atoms with Crippen LogP contribution in [0.15, 0.2) is 72.8 Å². The number of ether oxygens (including phenoxy) is 1. The van der Waals surface area contributed by atoms with E-state index in [4.69, 9.17) is 5.73 Å². The van der Waals surface area contributed by atoms with Crippen LogP contribution in [0.1, 0.15) is 23.1 Å². The van der Waals surface area contributed by atoms with Gasteiger partial charge in [0.2, 0.25) is 5.91 Å². The first kappa shape index (κ1) is 29.8. The summed E-state index contributed by atoms with van der Waals surface area (Å²) < 4.78 is 124. The van der Waals surface area contributed by atoms with Crippen molar-refractivity contribution in [1.82, 2.24) is 5.32 Å². The minimum absolute atomic E-state index is 0.0162. The van der Waals surface area contributed by atoms with Gasteiger partial charge in [-0.1, -0.05) is 42.5 Å². The average Bonchev–Trinajstić information content (AvgIpc) is 2.83. The maximum absolute atomic E-state index is 14.7. The van der Waals surface area contributed by atoms with E-state index in [-0.39, 0.29) is 17.5 Å². The van der Waals surface area contributed by atoms with E-state index in [1.165, 1.54) is 0 Å². The van der Waals surface area contributed by atoms with Crippen molar-refractivity contribution in [1.29, 1.82) is 0 Å². The molecular weight excluding hydrogens is 543 g/mol. The zero-order valence-electron chi connectivity index (χ0n) is 19.8. The zero-order valence-corrected chi connectivity index (χ0v) is 19.8. The van der Waals surface area contributed by atoms with E-state index in [9.17, 15) is 44.3 Å². The third-order valence-electron chi connectivity index (χ3n) is 5.65. The molecule has 0 aliphatic rings. The third kappa shape index (κ3) is 7.65. The van der Waals surface area contributed by atoms with Crippen LogP contribution in [0.2, 0.25) is 0 Å². The molecule has 0 aliphatic heterocycles. The van der Waals surface area contributed by atoms with E-state index in [0.29, 0.717) is 11.6 Å². The Morgan fingerprint density at radius 3 is 2.03 bits per heavy atom. The molecular formula is C26H21F9N2O2. The molecule has 0 fully saturated rings. The van der Waals surface area contributed by atoms with Gasteiger partial charge in [0.1, 0.15) is 17.4 Å². The molecule has 0 aromatic heterocycles. The van der Waals surface area contributed by atoms with Crippen molar-refractivity contribution in [3.63, 3.8) is 0 Å². The summed E-state index contributed by atoms with van der Waals surface area (Å²) in [6.07, 6.45) is -16.2. The molecule has 0 saturated carbocycles. The normalized spacial score (nSPS) is 14.5. The summed E-state index contributed by atoms with van der Waals surface area (Å²) in [6.45, 7) is 0. The second kappa shape index (κ2) is 11.6. The number of amides is 1. The van der Waals surface area contributed by atoms with Crippen molar-refractivity contribution >= 4 is 5.91 Å². The lowest BCUT2D eigenvalue weighted by molar-refractivity contribution is -0.253. The smallest absolute Gasteiger partial charge is 0.428 e. The highest BCUT2D eigenvalue weighted by Crippen LogP contribution is 2.38. The Balaban J connectivity index is 2.25. The predicted octanol–water partition coefficient (Wildman–Crippen LogP) is 6.08. The van der Waals surface area contributed by atoms with Crippen LogP contribution < -0.4 is 15.8 Å². The first-order valence-electron chi connectivity index (χ1n) is 11.2. The first-order valence-corrected chi connectivity index (χ1v) is 11.2. The van der Waals surface area contributed by atoms with Gasteiger partial charge in [-0.2, -0.15) is 30.7 Å². The quantitative estimate of drug-likeness (QED) is 0.294. The largest absolute Gasteiger partial charge is 0.461 e. The number of hydrogen-bond acceptors (Lipinski definition) is 3. The molecule has 2 unspecified atom stereocenters. The number of alkyl halides is 7. The van der Waals surface area contributed by atoms with Gasteiger partial charge in [0.15, 0.2) is 0 Å². The molecule has 210 valence electrons. The number of benzene rings is 3. The number of carbonyl (C=O) groups is 1. The fourth-order valence-corrected chi connectivity index (χ4v) is 3.91. The summed E-state index contributed by atoms with van der Waals surface area (Å²) in [5.41, 5.74) is 3.44.